The van der Waals surface area contributed by atoms with E-state index in [-0.39, 0.29) is 12.7 Å². The summed E-state index contributed by atoms with van der Waals surface area (Å²) < 4.78 is 16.4. The third kappa shape index (κ3) is 4.01. The Balaban J connectivity index is 2.06. The summed E-state index contributed by atoms with van der Waals surface area (Å²) in [6.07, 6.45) is -8.93. The van der Waals surface area contributed by atoms with Gasteiger partial charge in [-0.1, -0.05) is 6.92 Å². The zero-order valence-electron chi connectivity index (χ0n) is 12.9. The molecule has 2 fully saturated rings. The number of aliphatic hydroxyl groups excluding tert-OH is 6. The zero-order chi connectivity index (χ0) is 17.1. The summed E-state index contributed by atoms with van der Waals surface area (Å²) in [5.41, 5.74) is 0. The van der Waals surface area contributed by atoms with Crippen LogP contribution in [-0.2, 0) is 14.2 Å². The van der Waals surface area contributed by atoms with Gasteiger partial charge < -0.3 is 44.8 Å². The van der Waals surface area contributed by atoms with Crippen molar-refractivity contribution in [1.29, 1.82) is 0 Å². The molecular formula is C14H26O9. The van der Waals surface area contributed by atoms with Crippen molar-refractivity contribution in [3.05, 3.63) is 0 Å². The summed E-state index contributed by atoms with van der Waals surface area (Å²) in [6, 6.07) is 0. The largest absolute Gasteiger partial charge is 0.394 e. The molecule has 0 aromatic rings. The molecule has 2 rings (SSSR count). The molecule has 136 valence electrons. The van der Waals surface area contributed by atoms with E-state index in [0.717, 1.165) is 0 Å². The van der Waals surface area contributed by atoms with E-state index < -0.39 is 55.6 Å². The number of hydrogen-bond acceptors (Lipinski definition) is 9. The van der Waals surface area contributed by atoms with Crippen molar-refractivity contribution in [2.45, 2.75) is 74.9 Å². The molecule has 0 aromatic heterocycles. The first kappa shape index (κ1) is 19.0. The van der Waals surface area contributed by atoms with Crippen LogP contribution in [0.15, 0.2) is 0 Å². The van der Waals surface area contributed by atoms with E-state index in [0.29, 0.717) is 12.8 Å². The molecule has 0 aromatic carbocycles. The fraction of sp³-hybridized carbons (Fsp3) is 1.00. The lowest BCUT2D eigenvalue weighted by molar-refractivity contribution is -0.328. The maximum Gasteiger partial charge on any atom is 0.187 e. The maximum absolute atomic E-state index is 10.2. The maximum atomic E-state index is 10.2. The highest BCUT2D eigenvalue weighted by atomic mass is 16.7. The second kappa shape index (κ2) is 8.15. The normalized spacial score (nSPS) is 48.4. The van der Waals surface area contributed by atoms with Gasteiger partial charge in [-0.05, 0) is 6.42 Å². The fourth-order valence-corrected chi connectivity index (χ4v) is 2.92. The van der Waals surface area contributed by atoms with Gasteiger partial charge in [-0.2, -0.15) is 0 Å². The Morgan fingerprint density at radius 1 is 0.870 bits per heavy atom. The number of hydrogen-bond donors (Lipinski definition) is 6. The summed E-state index contributed by atoms with van der Waals surface area (Å²) >= 11 is 0. The Kier molecular flexibility index (Phi) is 6.72. The summed E-state index contributed by atoms with van der Waals surface area (Å²) in [6.45, 7) is 0.950. The predicted molar refractivity (Wildman–Crippen MR) is 75.3 cm³/mol. The lowest BCUT2D eigenvalue weighted by atomic mass is 9.95. The van der Waals surface area contributed by atoms with Crippen LogP contribution in [0.5, 0.6) is 0 Å². The molecule has 0 aliphatic carbocycles. The van der Waals surface area contributed by atoms with E-state index in [1.807, 2.05) is 6.92 Å². The molecule has 9 atom stereocenters. The van der Waals surface area contributed by atoms with E-state index in [1.54, 1.807) is 0 Å². The van der Waals surface area contributed by atoms with E-state index in [4.69, 9.17) is 19.3 Å². The van der Waals surface area contributed by atoms with Crippen molar-refractivity contribution in [1.82, 2.24) is 0 Å². The second-order valence-corrected chi connectivity index (χ2v) is 5.99. The molecule has 0 radical (unpaired) electrons. The van der Waals surface area contributed by atoms with Crippen LogP contribution in [-0.4, -0.2) is 99.0 Å². The molecule has 2 aliphatic heterocycles. The quantitative estimate of drug-likeness (QED) is 0.310. The van der Waals surface area contributed by atoms with Crippen molar-refractivity contribution in [2.75, 3.05) is 13.2 Å². The molecule has 23 heavy (non-hydrogen) atoms. The lowest BCUT2D eigenvalue weighted by Crippen LogP contribution is -2.61. The van der Waals surface area contributed by atoms with Crippen molar-refractivity contribution in [3.63, 3.8) is 0 Å². The highest BCUT2D eigenvalue weighted by Gasteiger charge is 2.47. The van der Waals surface area contributed by atoms with E-state index >= 15 is 0 Å². The Hall–Kier alpha value is -0.360. The van der Waals surface area contributed by atoms with Gasteiger partial charge in [0.25, 0.3) is 0 Å². The van der Waals surface area contributed by atoms with Gasteiger partial charge >= 0.3 is 0 Å². The van der Waals surface area contributed by atoms with Gasteiger partial charge in [-0.3, -0.25) is 0 Å². The van der Waals surface area contributed by atoms with E-state index in [2.05, 4.69) is 0 Å². The first-order valence-corrected chi connectivity index (χ1v) is 7.83. The molecule has 2 saturated heterocycles. The first-order chi connectivity index (χ1) is 10.9. The van der Waals surface area contributed by atoms with E-state index in [9.17, 15) is 25.5 Å². The smallest absolute Gasteiger partial charge is 0.187 e. The molecule has 6 N–H and O–H groups in total. The lowest BCUT2D eigenvalue weighted by Gasteiger charge is -2.44. The monoisotopic (exact) mass is 338 g/mol. The van der Waals surface area contributed by atoms with Gasteiger partial charge in [-0.25, -0.2) is 0 Å². The molecule has 2 heterocycles. The summed E-state index contributed by atoms with van der Waals surface area (Å²) in [7, 11) is 0. The molecule has 0 unspecified atom stereocenters. The predicted octanol–water partition coefficient (Wildman–Crippen LogP) is -2.91. The average molecular weight is 338 g/mol. The Morgan fingerprint density at radius 2 is 1.48 bits per heavy atom. The van der Waals surface area contributed by atoms with Crippen LogP contribution >= 0.6 is 0 Å². The Labute approximate surface area is 134 Å². The minimum atomic E-state index is -1.54. The topological polar surface area (TPSA) is 149 Å². The van der Waals surface area contributed by atoms with Gasteiger partial charge in [0.2, 0.25) is 0 Å². The van der Waals surface area contributed by atoms with Crippen molar-refractivity contribution in [3.8, 4) is 0 Å². The summed E-state index contributed by atoms with van der Waals surface area (Å²) in [5.74, 6) is 0. The third-order valence-corrected chi connectivity index (χ3v) is 4.42. The first-order valence-electron chi connectivity index (χ1n) is 7.83. The molecule has 9 nitrogen and oxygen atoms in total. The summed E-state index contributed by atoms with van der Waals surface area (Å²) in [5, 5.41) is 58.1. The Bertz CT molecular complexity index is 356. The van der Waals surface area contributed by atoms with Gasteiger partial charge in [0.15, 0.2) is 6.29 Å². The third-order valence-electron chi connectivity index (χ3n) is 4.42. The molecule has 0 saturated carbocycles. The second-order valence-electron chi connectivity index (χ2n) is 5.99. The van der Waals surface area contributed by atoms with Gasteiger partial charge in [0.1, 0.15) is 36.6 Å². The highest BCUT2D eigenvalue weighted by molar-refractivity contribution is 4.91. The molecule has 0 spiro atoms. The minimum absolute atomic E-state index is 0.231. The summed E-state index contributed by atoms with van der Waals surface area (Å²) in [4.78, 5) is 0. The van der Waals surface area contributed by atoms with Crippen LogP contribution in [0.1, 0.15) is 19.8 Å². The van der Waals surface area contributed by atoms with Crippen LogP contribution in [0.25, 0.3) is 0 Å². The standard InChI is InChI=1S/C14H26O9/c1-2-6-3-7(10(17)8(4-15)21-6)22-14-13(20)12(19)11(18)9(5-16)23-14/h6-20H,2-5H2,1H3/t6-,7+,8+,9+,10-,11+,12-,13+,14+/m0/s1. The van der Waals surface area contributed by atoms with Crippen LogP contribution in [0.3, 0.4) is 0 Å². The molecule has 0 bridgehead atoms. The van der Waals surface area contributed by atoms with Gasteiger partial charge in [0.05, 0.1) is 25.4 Å². The van der Waals surface area contributed by atoms with Crippen LogP contribution < -0.4 is 0 Å². The van der Waals surface area contributed by atoms with Crippen LogP contribution in [0.2, 0.25) is 0 Å². The molecule has 2 aliphatic rings. The number of aliphatic hydroxyl groups is 6. The number of ether oxygens (including phenoxy) is 3. The van der Waals surface area contributed by atoms with Gasteiger partial charge in [0, 0.05) is 6.42 Å². The Morgan fingerprint density at radius 3 is 2.04 bits per heavy atom. The van der Waals surface area contributed by atoms with Crippen molar-refractivity contribution >= 4 is 0 Å². The van der Waals surface area contributed by atoms with Gasteiger partial charge in [-0.15, -0.1) is 0 Å². The number of rotatable bonds is 5. The van der Waals surface area contributed by atoms with E-state index in [1.165, 1.54) is 0 Å². The average Bonchev–Trinajstić information content (AvgIpc) is 2.56. The molecule has 9 heteroatoms. The highest BCUT2D eigenvalue weighted by Crippen LogP contribution is 2.29. The minimum Gasteiger partial charge on any atom is -0.394 e. The van der Waals surface area contributed by atoms with Crippen LogP contribution in [0.4, 0.5) is 0 Å². The van der Waals surface area contributed by atoms with Crippen molar-refractivity contribution < 1.29 is 44.8 Å². The van der Waals surface area contributed by atoms with Crippen molar-refractivity contribution in [2.24, 2.45) is 0 Å². The molecular weight excluding hydrogens is 312 g/mol. The zero-order valence-corrected chi connectivity index (χ0v) is 12.9. The fourth-order valence-electron chi connectivity index (χ4n) is 2.92. The SMILES string of the molecule is CC[C@H]1C[C@@H](O[C@@H]2O[C@H](CO)[C@@H](O)[C@H](O)[C@H]2O)[C@H](O)[C@@H](CO)O1. The van der Waals surface area contributed by atoms with Crippen LogP contribution in [0, 0.1) is 0 Å². The molecule has 0 amide bonds.